The third kappa shape index (κ3) is 2.38. The van der Waals surface area contributed by atoms with Crippen LogP contribution in [0.1, 0.15) is 6.92 Å². The Labute approximate surface area is 113 Å². The van der Waals surface area contributed by atoms with E-state index in [0.29, 0.717) is 11.3 Å². The minimum absolute atomic E-state index is 0.138. The normalized spacial score (nSPS) is 19.1. The molecule has 0 radical (unpaired) electrons. The van der Waals surface area contributed by atoms with Crippen molar-refractivity contribution in [2.24, 2.45) is 0 Å². The van der Waals surface area contributed by atoms with Crippen LogP contribution in [0.2, 0.25) is 0 Å². The lowest BCUT2D eigenvalue weighted by molar-refractivity contribution is -0.181. The predicted molar refractivity (Wildman–Crippen MR) is 65.0 cm³/mol. The molecule has 1 N–H and O–H groups in total. The molecule has 1 fully saturated rings. The molecule has 1 aliphatic heterocycles. The minimum atomic E-state index is -3.84. The summed E-state index contributed by atoms with van der Waals surface area (Å²) in [5, 5.41) is 8.47. The Morgan fingerprint density at radius 2 is 2.21 bits per heavy atom. The molecule has 0 unspecified atom stereocenters. The summed E-state index contributed by atoms with van der Waals surface area (Å²) in [4.78, 5) is 11.1. The van der Waals surface area contributed by atoms with Crippen molar-refractivity contribution in [2.75, 3.05) is 19.7 Å². The summed E-state index contributed by atoms with van der Waals surface area (Å²) >= 11 is 0.510. The highest BCUT2D eigenvalue weighted by Gasteiger charge is 2.55. The van der Waals surface area contributed by atoms with Gasteiger partial charge in [0.05, 0.1) is 13.1 Å². The molecule has 0 aromatic carbocycles. The zero-order valence-electron chi connectivity index (χ0n) is 10.00. The predicted octanol–water partition coefficient (Wildman–Crippen LogP) is 0.751. The first-order chi connectivity index (χ1) is 8.82. The number of hydrogen-bond donors (Lipinski definition) is 1. The van der Waals surface area contributed by atoms with E-state index in [0.717, 1.165) is 16.4 Å². The number of carbonyl (C=O) groups is 1. The Morgan fingerprint density at radius 3 is 2.63 bits per heavy atom. The first kappa shape index (κ1) is 14.4. The monoisotopic (exact) mass is 309 g/mol. The fourth-order valence-electron chi connectivity index (χ4n) is 1.82. The van der Waals surface area contributed by atoms with Gasteiger partial charge in [0, 0.05) is 6.61 Å². The summed E-state index contributed by atoms with van der Waals surface area (Å²) in [6.07, 6.45) is 0. The van der Waals surface area contributed by atoms with Crippen LogP contribution < -0.4 is 0 Å². The Balaban J connectivity index is 2.17. The lowest BCUT2D eigenvalue weighted by Crippen LogP contribution is -2.68. The Morgan fingerprint density at radius 1 is 1.58 bits per heavy atom. The van der Waals surface area contributed by atoms with Gasteiger partial charge in [0.25, 0.3) is 10.0 Å². The van der Waals surface area contributed by atoms with E-state index in [2.05, 4.69) is 0 Å². The second kappa shape index (κ2) is 4.82. The highest BCUT2D eigenvalue weighted by atomic mass is 32.2. The average molecular weight is 309 g/mol. The van der Waals surface area contributed by atoms with Gasteiger partial charge in [0.15, 0.2) is 10.7 Å². The molecular weight excluding hydrogens is 297 g/mol. The fraction of sp³-hybridized carbons (Fsp3) is 0.500. The molecule has 2 heterocycles. The highest BCUT2D eigenvalue weighted by Crippen LogP contribution is 2.33. The number of hydrogen-bond acceptors (Lipinski definition) is 5. The third-order valence-corrected chi connectivity index (χ3v) is 5.95. The second-order valence-electron chi connectivity index (χ2n) is 4.06. The van der Waals surface area contributed by atoms with Gasteiger partial charge in [-0.15, -0.1) is 0 Å². The second-order valence-corrected chi connectivity index (χ2v) is 7.26. The van der Waals surface area contributed by atoms with Crippen LogP contribution in [0.25, 0.3) is 0 Å². The van der Waals surface area contributed by atoms with Crippen molar-refractivity contribution in [3.8, 4) is 0 Å². The average Bonchev–Trinajstić information content (AvgIpc) is 2.69. The van der Waals surface area contributed by atoms with E-state index in [1.54, 1.807) is 6.92 Å². The molecule has 2 rings (SSSR count). The summed E-state index contributed by atoms with van der Waals surface area (Å²) < 4.78 is 42.9. The molecule has 6 nitrogen and oxygen atoms in total. The van der Waals surface area contributed by atoms with E-state index in [1.807, 2.05) is 0 Å². The summed E-state index contributed by atoms with van der Waals surface area (Å²) in [5.74, 6) is -1.20. The summed E-state index contributed by atoms with van der Waals surface area (Å²) in [6, 6.07) is 2.22. The molecule has 0 aliphatic carbocycles. The Hall–Kier alpha value is -1.03. The van der Waals surface area contributed by atoms with E-state index < -0.39 is 26.7 Å². The van der Waals surface area contributed by atoms with E-state index in [-0.39, 0.29) is 23.9 Å². The number of nitrogens with zero attached hydrogens (tertiary/aromatic N) is 1. The Kier molecular flexibility index (Phi) is 3.65. The molecule has 1 aliphatic rings. The molecule has 0 amide bonds. The van der Waals surface area contributed by atoms with E-state index >= 15 is 0 Å². The van der Waals surface area contributed by atoms with Crippen LogP contribution >= 0.6 is 11.3 Å². The smallest absolute Gasteiger partial charge is 0.338 e. The highest BCUT2D eigenvalue weighted by molar-refractivity contribution is 7.91. The van der Waals surface area contributed by atoms with Gasteiger partial charge in [-0.05, 0) is 19.1 Å². The van der Waals surface area contributed by atoms with Crippen LogP contribution in [-0.2, 0) is 19.6 Å². The van der Waals surface area contributed by atoms with Crippen LogP contribution in [0.3, 0.4) is 0 Å². The van der Waals surface area contributed by atoms with Crippen LogP contribution in [0.15, 0.2) is 16.3 Å². The summed E-state index contributed by atoms with van der Waals surface area (Å²) in [7, 11) is -3.84. The molecule has 1 saturated heterocycles. The Bertz CT molecular complexity index is 591. The zero-order valence-corrected chi connectivity index (χ0v) is 11.6. The van der Waals surface area contributed by atoms with E-state index in [1.165, 1.54) is 0 Å². The molecule has 19 heavy (non-hydrogen) atoms. The van der Waals surface area contributed by atoms with Crippen LogP contribution in [-0.4, -0.2) is 49.1 Å². The maximum atomic E-state index is 12.9. The molecule has 0 atom stereocenters. The number of carboxylic acids is 1. The van der Waals surface area contributed by atoms with Gasteiger partial charge in [-0.25, -0.2) is 13.2 Å². The molecule has 0 bridgehead atoms. The van der Waals surface area contributed by atoms with Gasteiger partial charge >= 0.3 is 5.97 Å². The van der Waals surface area contributed by atoms with Crippen LogP contribution in [0, 0.1) is 5.13 Å². The molecule has 9 heteroatoms. The van der Waals surface area contributed by atoms with Crippen molar-refractivity contribution in [1.82, 2.24) is 4.31 Å². The van der Waals surface area contributed by atoms with Crippen molar-refractivity contribution in [3.05, 3.63) is 17.3 Å². The van der Waals surface area contributed by atoms with Gasteiger partial charge in [0.2, 0.25) is 0 Å². The van der Waals surface area contributed by atoms with Crippen molar-refractivity contribution in [3.63, 3.8) is 0 Å². The summed E-state index contributed by atoms with van der Waals surface area (Å²) in [6.45, 7) is 1.28. The molecular formula is C10H12FNO5S2. The summed E-state index contributed by atoms with van der Waals surface area (Å²) in [5.41, 5.74) is -1.49. The van der Waals surface area contributed by atoms with Crippen molar-refractivity contribution in [2.45, 2.75) is 16.7 Å². The first-order valence-corrected chi connectivity index (χ1v) is 7.70. The van der Waals surface area contributed by atoms with Crippen LogP contribution in [0.4, 0.5) is 4.39 Å². The zero-order chi connectivity index (χ0) is 14.3. The molecule has 1 aromatic heterocycles. The van der Waals surface area contributed by atoms with E-state index in [9.17, 15) is 17.6 Å². The minimum Gasteiger partial charge on any atom is -0.479 e. The number of aliphatic carboxylic acids is 1. The number of rotatable bonds is 5. The van der Waals surface area contributed by atoms with Crippen molar-refractivity contribution in [1.29, 1.82) is 0 Å². The maximum Gasteiger partial charge on any atom is 0.338 e. The van der Waals surface area contributed by atoms with Gasteiger partial charge in [-0.1, -0.05) is 11.3 Å². The fourth-order valence-corrected chi connectivity index (χ4v) is 4.51. The molecule has 0 saturated carbocycles. The lowest BCUT2D eigenvalue weighted by atomic mass is 9.97. The van der Waals surface area contributed by atoms with Gasteiger partial charge in [-0.2, -0.15) is 8.70 Å². The number of thiophene rings is 1. The maximum absolute atomic E-state index is 12.9. The number of sulfonamides is 1. The molecule has 1 aromatic rings. The van der Waals surface area contributed by atoms with Gasteiger partial charge in [-0.3, -0.25) is 0 Å². The quantitative estimate of drug-likeness (QED) is 0.868. The van der Waals surface area contributed by atoms with Gasteiger partial charge < -0.3 is 9.84 Å². The SMILES string of the molecule is CCOC1(C(=O)O)CN(S(=O)(=O)c2ccc(F)s2)C1. The van der Waals surface area contributed by atoms with Gasteiger partial charge in [0.1, 0.15) is 4.21 Å². The first-order valence-electron chi connectivity index (χ1n) is 5.45. The number of carboxylic acid groups (broad SMARTS) is 1. The standard InChI is InChI=1S/C10H12FNO5S2/c1-2-17-10(9(13)14)5-12(6-10)19(15,16)8-4-3-7(11)18-8/h3-4H,2,5-6H2,1H3,(H,13,14). The third-order valence-electron chi connectivity index (χ3n) is 2.82. The van der Waals surface area contributed by atoms with Crippen molar-refractivity contribution >= 4 is 27.3 Å². The topological polar surface area (TPSA) is 83.9 Å². The number of ether oxygens (including phenoxy) is 1. The van der Waals surface area contributed by atoms with E-state index in [4.69, 9.17) is 9.84 Å². The largest absolute Gasteiger partial charge is 0.479 e. The number of halogens is 1. The lowest BCUT2D eigenvalue weighted by Gasteiger charge is -2.44. The molecule has 106 valence electrons. The van der Waals surface area contributed by atoms with Crippen LogP contribution in [0.5, 0.6) is 0 Å². The molecule has 0 spiro atoms. The van der Waals surface area contributed by atoms with Crippen molar-refractivity contribution < 1.29 is 27.4 Å².